The lowest BCUT2D eigenvalue weighted by molar-refractivity contribution is 0.0696. The first-order valence-electron chi connectivity index (χ1n) is 9.63. The number of aromatic nitrogens is 3. The van der Waals surface area contributed by atoms with E-state index in [9.17, 15) is 5.26 Å². The predicted octanol–water partition coefficient (Wildman–Crippen LogP) is 4.47. The van der Waals surface area contributed by atoms with Crippen LogP contribution in [-0.2, 0) is 4.74 Å². The van der Waals surface area contributed by atoms with Crippen LogP contribution in [0.2, 0.25) is 0 Å². The summed E-state index contributed by atoms with van der Waals surface area (Å²) >= 11 is 0. The lowest BCUT2D eigenvalue weighted by Crippen LogP contribution is -2.22. The zero-order valence-corrected chi connectivity index (χ0v) is 14.8. The van der Waals surface area contributed by atoms with Crippen LogP contribution in [0, 0.1) is 11.3 Å². The molecule has 132 valence electrons. The third kappa shape index (κ3) is 2.48. The highest BCUT2D eigenvalue weighted by Gasteiger charge is 2.29. The summed E-state index contributed by atoms with van der Waals surface area (Å²) in [6.45, 7) is 1.61. The molecule has 3 heterocycles. The van der Waals surface area contributed by atoms with Crippen molar-refractivity contribution < 1.29 is 4.74 Å². The molecule has 0 amide bonds. The van der Waals surface area contributed by atoms with Gasteiger partial charge in [0.15, 0.2) is 0 Å². The summed E-state index contributed by atoms with van der Waals surface area (Å²) < 4.78 is 8.10. The van der Waals surface area contributed by atoms with Crippen molar-refractivity contribution in [2.45, 2.75) is 50.5 Å². The molecule has 0 spiro atoms. The summed E-state index contributed by atoms with van der Waals surface area (Å²) in [4.78, 5) is 9.65. The van der Waals surface area contributed by atoms with E-state index in [1.54, 1.807) is 0 Å². The van der Waals surface area contributed by atoms with Gasteiger partial charge in [0, 0.05) is 30.6 Å². The topological polar surface area (TPSA) is 63.7 Å². The van der Waals surface area contributed by atoms with Crippen LogP contribution in [0.5, 0.6) is 0 Å². The van der Waals surface area contributed by atoms with E-state index < -0.39 is 0 Å². The van der Waals surface area contributed by atoms with Gasteiger partial charge in [-0.2, -0.15) is 5.26 Å². The van der Waals surface area contributed by atoms with Gasteiger partial charge in [0.1, 0.15) is 11.3 Å². The van der Waals surface area contributed by atoms with E-state index in [1.807, 2.05) is 24.4 Å². The summed E-state index contributed by atoms with van der Waals surface area (Å²) in [5.74, 6) is 1.76. The largest absolute Gasteiger partial charge is 0.381 e. The Hall–Kier alpha value is -2.45. The molecule has 1 saturated heterocycles. The first-order chi connectivity index (χ1) is 12.8. The maximum atomic E-state index is 9.36. The molecule has 5 nitrogen and oxygen atoms in total. The third-order valence-corrected chi connectivity index (χ3v) is 5.95. The number of benzene rings is 1. The summed E-state index contributed by atoms with van der Waals surface area (Å²) in [5, 5.41) is 10.4. The number of ether oxygens (including phenoxy) is 1. The fourth-order valence-electron chi connectivity index (χ4n) is 4.65. The Bertz CT molecular complexity index is 1000. The molecule has 1 aliphatic heterocycles. The van der Waals surface area contributed by atoms with Crippen molar-refractivity contribution in [3.63, 3.8) is 0 Å². The summed E-state index contributed by atoms with van der Waals surface area (Å²) in [7, 11) is 0. The molecule has 0 N–H and O–H groups in total. The minimum absolute atomic E-state index is 0.417. The average molecular weight is 346 g/mol. The van der Waals surface area contributed by atoms with E-state index in [1.165, 1.54) is 31.5 Å². The number of rotatable bonds is 2. The Kier molecular flexibility index (Phi) is 3.86. The normalized spacial score (nSPS) is 19.3. The van der Waals surface area contributed by atoms with Crippen molar-refractivity contribution in [3.8, 4) is 6.07 Å². The van der Waals surface area contributed by atoms with Crippen LogP contribution in [-0.4, -0.2) is 27.7 Å². The van der Waals surface area contributed by atoms with Crippen molar-refractivity contribution in [1.82, 2.24) is 14.5 Å². The Morgan fingerprint density at radius 1 is 1.08 bits per heavy atom. The molecule has 5 heteroatoms. The van der Waals surface area contributed by atoms with Crippen molar-refractivity contribution in [3.05, 3.63) is 35.8 Å². The highest BCUT2D eigenvalue weighted by atomic mass is 16.5. The molecule has 26 heavy (non-hydrogen) atoms. The van der Waals surface area contributed by atoms with Gasteiger partial charge < -0.3 is 9.30 Å². The molecule has 0 atom stereocenters. The number of pyridine rings is 1. The molecule has 5 rings (SSSR count). The second-order valence-corrected chi connectivity index (χ2v) is 7.50. The minimum atomic E-state index is 0.417. The van der Waals surface area contributed by atoms with Crippen LogP contribution in [0.25, 0.3) is 21.9 Å². The highest BCUT2D eigenvalue weighted by molar-refractivity contribution is 6.03. The van der Waals surface area contributed by atoms with Crippen LogP contribution in [0.1, 0.15) is 61.9 Å². The van der Waals surface area contributed by atoms with Gasteiger partial charge in [-0.25, -0.2) is 4.98 Å². The maximum Gasteiger partial charge on any atom is 0.113 e. The monoisotopic (exact) mass is 346 g/mol. The molecule has 0 bridgehead atoms. The van der Waals surface area contributed by atoms with Gasteiger partial charge in [0.05, 0.1) is 28.9 Å². The molecular formula is C21H22N4O. The molecule has 2 aromatic heterocycles. The molecule has 3 aromatic rings. The van der Waals surface area contributed by atoms with Gasteiger partial charge in [0.25, 0.3) is 0 Å². The second-order valence-electron chi connectivity index (χ2n) is 7.50. The number of imidazole rings is 1. The maximum absolute atomic E-state index is 9.36. The van der Waals surface area contributed by atoms with Crippen molar-refractivity contribution in [2.24, 2.45) is 0 Å². The van der Waals surface area contributed by atoms with Gasteiger partial charge in [0.2, 0.25) is 0 Å². The zero-order chi connectivity index (χ0) is 17.5. The van der Waals surface area contributed by atoms with E-state index in [-0.39, 0.29) is 0 Å². The third-order valence-electron chi connectivity index (χ3n) is 5.95. The number of hydrogen-bond donors (Lipinski definition) is 0. The van der Waals surface area contributed by atoms with Crippen molar-refractivity contribution >= 4 is 21.9 Å². The van der Waals surface area contributed by atoms with E-state index in [4.69, 9.17) is 9.72 Å². The van der Waals surface area contributed by atoms with Crippen LogP contribution < -0.4 is 0 Å². The number of nitrogens with zero attached hydrogens (tertiary/aromatic N) is 4. The molecule has 2 fully saturated rings. The first kappa shape index (κ1) is 15.8. The van der Waals surface area contributed by atoms with Gasteiger partial charge in [-0.05, 0) is 43.9 Å². The van der Waals surface area contributed by atoms with Crippen LogP contribution in [0.3, 0.4) is 0 Å². The van der Waals surface area contributed by atoms with Gasteiger partial charge in [-0.1, -0.05) is 12.8 Å². The van der Waals surface area contributed by atoms with Gasteiger partial charge in [-0.15, -0.1) is 0 Å². The van der Waals surface area contributed by atoms with E-state index in [0.29, 0.717) is 17.5 Å². The summed E-state index contributed by atoms with van der Waals surface area (Å²) in [6, 6.07) is 8.45. The highest BCUT2D eigenvalue weighted by Crippen LogP contribution is 2.40. The number of fused-ring (bicyclic) bond motifs is 3. The minimum Gasteiger partial charge on any atom is -0.381 e. The molecule has 0 unspecified atom stereocenters. The second kappa shape index (κ2) is 6.37. The van der Waals surface area contributed by atoms with Crippen LogP contribution >= 0.6 is 0 Å². The van der Waals surface area contributed by atoms with Gasteiger partial charge in [-0.3, -0.25) is 4.98 Å². The predicted molar refractivity (Wildman–Crippen MR) is 100 cm³/mol. The van der Waals surface area contributed by atoms with E-state index in [0.717, 1.165) is 48.0 Å². The Balaban J connectivity index is 1.81. The number of hydrogen-bond acceptors (Lipinski definition) is 4. The lowest BCUT2D eigenvalue weighted by Gasteiger charge is -2.27. The summed E-state index contributed by atoms with van der Waals surface area (Å²) in [5.41, 5.74) is 3.72. The molecule has 1 aliphatic carbocycles. The molecule has 1 aromatic carbocycles. The molecule has 0 radical (unpaired) electrons. The molecule has 2 aliphatic rings. The van der Waals surface area contributed by atoms with E-state index >= 15 is 0 Å². The summed E-state index contributed by atoms with van der Waals surface area (Å²) in [6.07, 6.45) is 8.97. The Labute approximate surface area is 152 Å². The standard InChI is InChI=1S/C21H22N4O/c22-12-14-5-6-18-17(11-14)20-19(13-23-18)24-21(15-3-1-2-4-15)25(20)16-7-9-26-10-8-16/h5-6,11,13,15-16H,1-4,7-10H2. The first-order valence-corrected chi connectivity index (χ1v) is 9.63. The Morgan fingerprint density at radius 2 is 1.88 bits per heavy atom. The number of nitriles is 1. The van der Waals surface area contributed by atoms with Crippen molar-refractivity contribution in [1.29, 1.82) is 5.26 Å². The fourth-order valence-corrected chi connectivity index (χ4v) is 4.65. The molecule has 1 saturated carbocycles. The quantitative estimate of drug-likeness (QED) is 0.687. The van der Waals surface area contributed by atoms with E-state index in [2.05, 4.69) is 15.6 Å². The molecular weight excluding hydrogens is 324 g/mol. The van der Waals surface area contributed by atoms with Gasteiger partial charge >= 0.3 is 0 Å². The zero-order valence-electron chi connectivity index (χ0n) is 14.8. The van der Waals surface area contributed by atoms with Crippen LogP contribution in [0.4, 0.5) is 0 Å². The van der Waals surface area contributed by atoms with Crippen LogP contribution in [0.15, 0.2) is 24.4 Å². The fraction of sp³-hybridized carbons (Fsp3) is 0.476. The SMILES string of the molecule is N#Cc1ccc2ncc3nc(C4CCCC4)n(C4CCOCC4)c3c2c1. The van der Waals surface area contributed by atoms with Crippen molar-refractivity contribution in [2.75, 3.05) is 13.2 Å². The average Bonchev–Trinajstić information content (AvgIpc) is 3.35. The lowest BCUT2D eigenvalue weighted by atomic mass is 10.0. The Morgan fingerprint density at radius 3 is 2.65 bits per heavy atom. The smallest absolute Gasteiger partial charge is 0.113 e.